The Morgan fingerprint density at radius 3 is 2.16 bits per heavy atom. The van der Waals surface area contributed by atoms with Crippen LogP contribution < -0.4 is 24.9 Å². The number of halogens is 1. The Morgan fingerprint density at radius 1 is 0.757 bits per heavy atom. The molecule has 6 rings (SSSR count). The van der Waals surface area contributed by atoms with Gasteiger partial charge in [-0.25, -0.2) is 9.37 Å². The summed E-state index contributed by atoms with van der Waals surface area (Å²) in [6.45, 7) is 8.90. The fraction of sp³-hybridized carbons (Fsp3) is 0.429. The highest BCUT2D eigenvalue weighted by Gasteiger charge is 2.26. The van der Waals surface area contributed by atoms with E-state index in [0.717, 1.165) is 82.9 Å². The van der Waals surface area contributed by atoms with Gasteiger partial charge in [-0.1, -0.05) is 30.3 Å². The second-order valence-corrected chi connectivity index (χ2v) is 9.75. The van der Waals surface area contributed by atoms with Gasteiger partial charge in [0.05, 0.1) is 18.0 Å². The molecule has 0 saturated carbocycles. The molecule has 9 heteroatoms. The van der Waals surface area contributed by atoms with Crippen molar-refractivity contribution in [3.8, 4) is 0 Å². The van der Waals surface area contributed by atoms with Gasteiger partial charge >= 0.3 is 0 Å². The lowest BCUT2D eigenvalue weighted by Gasteiger charge is -2.38. The number of anilines is 4. The zero-order valence-electron chi connectivity index (χ0n) is 21.1. The van der Waals surface area contributed by atoms with E-state index in [1.807, 2.05) is 12.1 Å². The van der Waals surface area contributed by atoms with E-state index in [1.165, 1.54) is 11.8 Å². The van der Waals surface area contributed by atoms with Gasteiger partial charge in [0.1, 0.15) is 17.7 Å². The summed E-state index contributed by atoms with van der Waals surface area (Å²) in [6, 6.07) is 19.7. The number of nitrogens with one attached hydrogen (secondary N) is 1. The van der Waals surface area contributed by atoms with E-state index in [0.29, 0.717) is 12.3 Å². The number of piperazine rings is 2. The summed E-state index contributed by atoms with van der Waals surface area (Å²) in [7, 11) is 0. The van der Waals surface area contributed by atoms with E-state index >= 15 is 0 Å². The van der Waals surface area contributed by atoms with E-state index < -0.39 is 0 Å². The number of aromatic nitrogens is 2. The first-order valence-corrected chi connectivity index (χ1v) is 13.3. The lowest BCUT2D eigenvalue weighted by Crippen LogP contribution is -2.48. The third-order valence-electron chi connectivity index (χ3n) is 7.46. The Hall–Kier alpha value is -3.43. The van der Waals surface area contributed by atoms with Gasteiger partial charge in [0, 0.05) is 77.2 Å². The topological polar surface area (TPSA) is 60.0 Å². The van der Waals surface area contributed by atoms with Crippen molar-refractivity contribution in [1.29, 1.82) is 0 Å². The molecule has 1 atom stereocenters. The number of hydrogen-bond acceptors (Lipinski definition) is 8. The molecule has 194 valence electrons. The first-order chi connectivity index (χ1) is 18.2. The molecule has 4 heterocycles. The van der Waals surface area contributed by atoms with E-state index in [9.17, 15) is 4.39 Å². The monoisotopic (exact) mass is 503 g/mol. The average Bonchev–Trinajstić information content (AvgIpc) is 2.98. The molecule has 0 bridgehead atoms. The van der Waals surface area contributed by atoms with Crippen LogP contribution in [0.5, 0.6) is 0 Å². The third-order valence-corrected chi connectivity index (χ3v) is 7.46. The minimum Gasteiger partial charge on any atom is -0.369 e. The maximum absolute atomic E-state index is 14.3. The highest BCUT2D eigenvalue weighted by Crippen LogP contribution is 2.28. The number of rotatable bonds is 5. The molecule has 2 aromatic carbocycles. The van der Waals surface area contributed by atoms with Crippen LogP contribution in [0.4, 0.5) is 27.5 Å². The first-order valence-electron chi connectivity index (χ1n) is 13.3. The second kappa shape index (κ2) is 10.9. The Morgan fingerprint density at radius 2 is 1.43 bits per heavy atom. The van der Waals surface area contributed by atoms with Crippen molar-refractivity contribution in [3.63, 3.8) is 0 Å². The molecule has 1 unspecified atom stereocenters. The van der Waals surface area contributed by atoms with Crippen LogP contribution in [0.2, 0.25) is 0 Å². The number of nitrogens with zero attached hydrogens (tertiary/aromatic N) is 6. The Labute approximate surface area is 217 Å². The van der Waals surface area contributed by atoms with Crippen molar-refractivity contribution in [2.24, 2.45) is 0 Å². The Bertz CT molecular complexity index is 1170. The normalized spacial score (nSPS) is 20.8. The van der Waals surface area contributed by atoms with Crippen LogP contribution in [0.3, 0.4) is 0 Å². The predicted molar refractivity (Wildman–Crippen MR) is 145 cm³/mol. The standard InChI is InChI=1S/C28H34FN7O/c29-23-8-4-5-9-25(23)34-13-15-35(16-14-34)27-20-24(26-21-30-10-19-37-26)31-28(32-27)36-17-11-33(12-18-36)22-6-2-1-3-7-22/h1-9,20,26,30H,10-19,21H2. The minimum absolute atomic E-state index is 0.0837. The van der Waals surface area contributed by atoms with Crippen molar-refractivity contribution in [3.05, 3.63) is 72.2 Å². The Kier molecular flexibility index (Phi) is 7.05. The zero-order valence-corrected chi connectivity index (χ0v) is 21.1. The quantitative estimate of drug-likeness (QED) is 0.571. The van der Waals surface area contributed by atoms with Crippen LogP contribution in [0.25, 0.3) is 0 Å². The third kappa shape index (κ3) is 5.33. The van der Waals surface area contributed by atoms with E-state index in [-0.39, 0.29) is 11.9 Å². The lowest BCUT2D eigenvalue weighted by atomic mass is 10.2. The molecular formula is C28H34FN7O. The number of morpholine rings is 1. The van der Waals surface area contributed by atoms with Gasteiger partial charge in [0.25, 0.3) is 0 Å². The maximum atomic E-state index is 14.3. The number of benzene rings is 2. The molecule has 3 aliphatic rings. The molecule has 0 spiro atoms. The summed E-state index contributed by atoms with van der Waals surface area (Å²) >= 11 is 0. The van der Waals surface area contributed by atoms with Gasteiger partial charge in [-0.3, -0.25) is 0 Å². The van der Waals surface area contributed by atoms with Gasteiger partial charge in [0.15, 0.2) is 0 Å². The molecule has 0 aliphatic carbocycles. The number of hydrogen-bond donors (Lipinski definition) is 1. The minimum atomic E-state index is -0.167. The highest BCUT2D eigenvalue weighted by atomic mass is 19.1. The predicted octanol–water partition coefficient (Wildman–Crippen LogP) is 2.93. The van der Waals surface area contributed by atoms with E-state index in [4.69, 9.17) is 14.7 Å². The molecule has 1 N–H and O–H groups in total. The molecule has 3 saturated heterocycles. The molecule has 1 aromatic heterocycles. The SMILES string of the molecule is Fc1ccccc1N1CCN(c2cc(C3CNCCO3)nc(N3CCN(c4ccccc4)CC3)n2)CC1. The zero-order chi connectivity index (χ0) is 25.0. The van der Waals surface area contributed by atoms with Gasteiger partial charge < -0.3 is 29.7 Å². The van der Waals surface area contributed by atoms with Crippen LogP contribution in [0.1, 0.15) is 11.8 Å². The molecule has 3 aromatic rings. The molecule has 8 nitrogen and oxygen atoms in total. The van der Waals surface area contributed by atoms with E-state index in [1.54, 1.807) is 6.07 Å². The van der Waals surface area contributed by atoms with Crippen LogP contribution in [-0.2, 0) is 4.74 Å². The molecular weight excluding hydrogens is 469 g/mol. The van der Waals surface area contributed by atoms with Crippen molar-refractivity contribution in [2.45, 2.75) is 6.10 Å². The van der Waals surface area contributed by atoms with Gasteiger partial charge in [-0.2, -0.15) is 4.98 Å². The van der Waals surface area contributed by atoms with Gasteiger partial charge in [-0.05, 0) is 24.3 Å². The second-order valence-electron chi connectivity index (χ2n) is 9.75. The van der Waals surface area contributed by atoms with Crippen LogP contribution >= 0.6 is 0 Å². The summed E-state index contributed by atoms with van der Waals surface area (Å²) < 4.78 is 20.4. The van der Waals surface area contributed by atoms with Crippen LogP contribution in [0.15, 0.2) is 60.7 Å². The average molecular weight is 504 g/mol. The largest absolute Gasteiger partial charge is 0.369 e. The smallest absolute Gasteiger partial charge is 0.227 e. The van der Waals surface area contributed by atoms with Crippen molar-refractivity contribution < 1.29 is 9.13 Å². The van der Waals surface area contributed by atoms with Crippen molar-refractivity contribution >= 4 is 23.1 Å². The summed E-state index contributed by atoms with van der Waals surface area (Å²) in [5.41, 5.74) is 2.85. The van der Waals surface area contributed by atoms with Crippen LogP contribution in [-0.4, -0.2) is 82.0 Å². The highest BCUT2D eigenvalue weighted by molar-refractivity contribution is 5.53. The summed E-state index contributed by atoms with van der Waals surface area (Å²) in [4.78, 5) is 19.1. The fourth-order valence-electron chi connectivity index (χ4n) is 5.35. The summed E-state index contributed by atoms with van der Waals surface area (Å²) in [6.07, 6.45) is -0.0837. The first kappa shape index (κ1) is 23.9. The molecule has 3 aliphatic heterocycles. The molecule has 3 fully saturated rings. The van der Waals surface area contributed by atoms with E-state index in [2.05, 4.69) is 61.3 Å². The fourth-order valence-corrected chi connectivity index (χ4v) is 5.35. The van der Waals surface area contributed by atoms with Gasteiger partial charge in [-0.15, -0.1) is 0 Å². The van der Waals surface area contributed by atoms with Gasteiger partial charge in [0.2, 0.25) is 5.95 Å². The lowest BCUT2D eigenvalue weighted by molar-refractivity contribution is 0.0250. The molecule has 0 amide bonds. The molecule has 37 heavy (non-hydrogen) atoms. The summed E-state index contributed by atoms with van der Waals surface area (Å²) in [5.74, 6) is 1.53. The number of ether oxygens (including phenoxy) is 1. The van der Waals surface area contributed by atoms with Crippen LogP contribution in [0, 0.1) is 5.82 Å². The van der Waals surface area contributed by atoms with Crippen molar-refractivity contribution in [2.75, 3.05) is 91.7 Å². The molecule has 0 radical (unpaired) electrons. The maximum Gasteiger partial charge on any atom is 0.227 e. The Balaban J connectivity index is 1.20. The summed E-state index contributed by atoms with van der Waals surface area (Å²) in [5, 5.41) is 3.42. The van der Waals surface area contributed by atoms with Crippen molar-refractivity contribution in [1.82, 2.24) is 15.3 Å². The number of para-hydroxylation sites is 2.